The lowest BCUT2D eigenvalue weighted by molar-refractivity contribution is -0.206. The molecule has 2 aromatic heterocycles. The first-order valence-corrected chi connectivity index (χ1v) is 6.21. The highest BCUT2D eigenvalue weighted by atomic mass is 19.2. The molecular formula is C12H14FN3O5. The second kappa shape index (κ2) is 4.88. The molecule has 4 atom stereocenters. The number of alkyl halides is 1. The molecule has 0 amide bonds. The van der Waals surface area contributed by atoms with Gasteiger partial charge in [0.15, 0.2) is 6.23 Å². The summed E-state index contributed by atoms with van der Waals surface area (Å²) < 4.78 is 25.5. The predicted molar refractivity (Wildman–Crippen MR) is 67.1 cm³/mol. The number of halogens is 1. The zero-order chi connectivity index (χ0) is 15.2. The zero-order valence-corrected chi connectivity index (χ0v) is 11.0. The van der Waals surface area contributed by atoms with Gasteiger partial charge in [-0.1, -0.05) is 0 Å². The van der Waals surface area contributed by atoms with Gasteiger partial charge in [0.1, 0.15) is 30.8 Å². The van der Waals surface area contributed by atoms with Gasteiger partial charge in [-0.3, -0.25) is 0 Å². The molecule has 9 heteroatoms. The third kappa shape index (κ3) is 1.97. The average molecular weight is 299 g/mol. The van der Waals surface area contributed by atoms with Crippen LogP contribution in [0, 0.1) is 0 Å². The molecular weight excluding hydrogens is 285 g/mol. The fraction of sp³-hybridized carbons (Fsp3) is 0.500. The van der Waals surface area contributed by atoms with Crippen molar-refractivity contribution in [1.82, 2.24) is 14.5 Å². The van der Waals surface area contributed by atoms with Crippen LogP contribution in [0.1, 0.15) is 6.23 Å². The second-order valence-corrected chi connectivity index (χ2v) is 4.73. The number of aliphatic hydroxyl groups is 3. The van der Waals surface area contributed by atoms with E-state index in [1.165, 1.54) is 24.2 Å². The minimum Gasteiger partial charge on any atom is -0.480 e. The third-order valence-electron chi connectivity index (χ3n) is 3.53. The van der Waals surface area contributed by atoms with Gasteiger partial charge in [0.05, 0.1) is 12.5 Å². The van der Waals surface area contributed by atoms with Gasteiger partial charge in [-0.15, -0.1) is 0 Å². The Hall–Kier alpha value is -1.81. The van der Waals surface area contributed by atoms with Gasteiger partial charge in [-0.05, 0) is 6.07 Å². The van der Waals surface area contributed by atoms with E-state index in [2.05, 4.69) is 9.97 Å². The largest absolute Gasteiger partial charge is 0.480 e. The summed E-state index contributed by atoms with van der Waals surface area (Å²) in [5, 5.41) is 29.2. The molecule has 3 N–H and O–H groups in total. The molecule has 1 saturated heterocycles. The highest BCUT2D eigenvalue weighted by Gasteiger charge is 2.55. The van der Waals surface area contributed by atoms with Crippen molar-refractivity contribution >= 4 is 11.0 Å². The van der Waals surface area contributed by atoms with Crippen LogP contribution in [0.5, 0.6) is 5.88 Å². The number of ether oxygens (including phenoxy) is 2. The third-order valence-corrected chi connectivity index (χ3v) is 3.53. The molecule has 0 bridgehead atoms. The van der Waals surface area contributed by atoms with E-state index in [0.717, 1.165) is 0 Å². The fourth-order valence-corrected chi connectivity index (χ4v) is 2.42. The zero-order valence-electron chi connectivity index (χ0n) is 11.0. The standard InChI is InChI=1S/C12H14FN3O5/c1-20-10-6-2-3-16(9(6)14-5-15-10)11-7(18)8(19)12(13,4-17)21-11/h2-3,5,7-8,11,17-19H,4H2,1H3/t7-,8+,11-,12-/m1/s1. The highest BCUT2D eigenvalue weighted by molar-refractivity contribution is 5.81. The van der Waals surface area contributed by atoms with Gasteiger partial charge in [0.25, 0.3) is 5.85 Å². The topological polar surface area (TPSA) is 110 Å². The number of aromatic nitrogens is 3. The van der Waals surface area contributed by atoms with Gasteiger partial charge in [0, 0.05) is 6.20 Å². The van der Waals surface area contributed by atoms with Gasteiger partial charge in [-0.25, -0.2) is 14.4 Å². The van der Waals surface area contributed by atoms with Crippen molar-refractivity contribution in [3.05, 3.63) is 18.6 Å². The quantitative estimate of drug-likeness (QED) is 0.690. The Morgan fingerprint density at radius 2 is 2.24 bits per heavy atom. The van der Waals surface area contributed by atoms with Crippen LogP contribution < -0.4 is 4.74 Å². The van der Waals surface area contributed by atoms with Crippen LogP contribution >= 0.6 is 0 Å². The molecule has 0 unspecified atom stereocenters. The Balaban J connectivity index is 2.06. The minimum atomic E-state index is -2.72. The maximum atomic E-state index is 14.1. The molecule has 1 fully saturated rings. The van der Waals surface area contributed by atoms with Crippen molar-refractivity contribution < 1.29 is 29.2 Å². The van der Waals surface area contributed by atoms with Crippen molar-refractivity contribution in [1.29, 1.82) is 0 Å². The number of rotatable bonds is 3. The van der Waals surface area contributed by atoms with E-state index in [4.69, 9.17) is 14.6 Å². The number of methoxy groups -OCH3 is 1. The lowest BCUT2D eigenvalue weighted by Gasteiger charge is -2.20. The molecule has 3 rings (SSSR count). The molecule has 0 radical (unpaired) electrons. The van der Waals surface area contributed by atoms with Crippen molar-refractivity contribution in [3.8, 4) is 5.88 Å². The SMILES string of the molecule is COc1ncnc2c1ccn2[C@@H]1O[C@](F)(CO)[C@@H](O)[C@H]1O. The van der Waals surface area contributed by atoms with Crippen LogP contribution in [0.3, 0.4) is 0 Å². The molecule has 0 aliphatic carbocycles. The summed E-state index contributed by atoms with van der Waals surface area (Å²) in [5.74, 6) is -2.40. The van der Waals surface area contributed by atoms with E-state index >= 15 is 0 Å². The molecule has 0 aromatic carbocycles. The summed E-state index contributed by atoms with van der Waals surface area (Å²) in [4.78, 5) is 7.97. The molecule has 114 valence electrons. The van der Waals surface area contributed by atoms with E-state index in [-0.39, 0.29) is 0 Å². The van der Waals surface area contributed by atoms with Crippen LogP contribution in [-0.2, 0) is 4.74 Å². The van der Waals surface area contributed by atoms with E-state index < -0.39 is 30.9 Å². The fourth-order valence-electron chi connectivity index (χ4n) is 2.42. The van der Waals surface area contributed by atoms with E-state index in [0.29, 0.717) is 16.9 Å². The maximum Gasteiger partial charge on any atom is 0.263 e. The van der Waals surface area contributed by atoms with Crippen molar-refractivity contribution in [2.45, 2.75) is 24.3 Å². The molecule has 3 heterocycles. The Morgan fingerprint density at radius 3 is 2.86 bits per heavy atom. The Bertz CT molecular complexity index is 665. The molecule has 21 heavy (non-hydrogen) atoms. The normalized spacial score (nSPS) is 32.7. The number of hydrogen-bond donors (Lipinski definition) is 3. The lowest BCUT2D eigenvalue weighted by atomic mass is 10.1. The van der Waals surface area contributed by atoms with Gasteiger partial charge in [-0.2, -0.15) is 0 Å². The van der Waals surface area contributed by atoms with Crippen molar-refractivity contribution in [2.24, 2.45) is 0 Å². The summed E-state index contributed by atoms with van der Waals surface area (Å²) in [6.07, 6.45) is -1.89. The first-order valence-electron chi connectivity index (χ1n) is 6.21. The first kappa shape index (κ1) is 14.1. The van der Waals surface area contributed by atoms with Crippen LogP contribution in [0.15, 0.2) is 18.6 Å². The Kier molecular flexibility index (Phi) is 3.29. The Morgan fingerprint density at radius 1 is 1.48 bits per heavy atom. The smallest absolute Gasteiger partial charge is 0.263 e. The lowest BCUT2D eigenvalue weighted by Crippen LogP contribution is -2.42. The monoisotopic (exact) mass is 299 g/mol. The van der Waals surface area contributed by atoms with Crippen LogP contribution in [0.4, 0.5) is 4.39 Å². The van der Waals surface area contributed by atoms with Crippen molar-refractivity contribution in [2.75, 3.05) is 13.7 Å². The van der Waals surface area contributed by atoms with E-state index in [1.54, 1.807) is 6.07 Å². The highest BCUT2D eigenvalue weighted by Crippen LogP contribution is 2.39. The Labute approximate surface area is 118 Å². The van der Waals surface area contributed by atoms with Crippen LogP contribution in [0.2, 0.25) is 0 Å². The number of fused-ring (bicyclic) bond motifs is 1. The maximum absolute atomic E-state index is 14.1. The van der Waals surface area contributed by atoms with Gasteiger partial charge < -0.3 is 29.4 Å². The van der Waals surface area contributed by atoms with Gasteiger partial charge in [0.2, 0.25) is 5.88 Å². The molecule has 1 aliphatic rings. The van der Waals surface area contributed by atoms with Crippen molar-refractivity contribution in [3.63, 3.8) is 0 Å². The summed E-state index contributed by atoms with van der Waals surface area (Å²) >= 11 is 0. The number of aliphatic hydroxyl groups excluding tert-OH is 3. The molecule has 1 aliphatic heterocycles. The summed E-state index contributed by atoms with van der Waals surface area (Å²) in [5.41, 5.74) is 0.347. The number of hydrogen-bond acceptors (Lipinski definition) is 7. The summed E-state index contributed by atoms with van der Waals surface area (Å²) in [7, 11) is 1.45. The van der Waals surface area contributed by atoms with Crippen LogP contribution in [0.25, 0.3) is 11.0 Å². The second-order valence-electron chi connectivity index (χ2n) is 4.73. The predicted octanol–water partition coefficient (Wildman–Crippen LogP) is -0.651. The molecule has 8 nitrogen and oxygen atoms in total. The number of nitrogens with zero attached hydrogens (tertiary/aromatic N) is 3. The molecule has 0 saturated carbocycles. The minimum absolute atomic E-state index is 0.320. The van der Waals surface area contributed by atoms with E-state index in [9.17, 15) is 14.6 Å². The molecule has 2 aromatic rings. The summed E-state index contributed by atoms with van der Waals surface area (Å²) in [6, 6.07) is 1.62. The molecule has 0 spiro atoms. The summed E-state index contributed by atoms with van der Waals surface area (Å²) in [6.45, 7) is -1.07. The van der Waals surface area contributed by atoms with Gasteiger partial charge >= 0.3 is 0 Å². The first-order chi connectivity index (χ1) is 10.0. The average Bonchev–Trinajstić information content (AvgIpc) is 3.02. The van der Waals surface area contributed by atoms with Crippen LogP contribution in [-0.4, -0.2) is 61.6 Å². The van der Waals surface area contributed by atoms with E-state index in [1.807, 2.05) is 0 Å².